The van der Waals surface area contributed by atoms with Crippen molar-refractivity contribution in [1.29, 1.82) is 0 Å². The number of methoxy groups -OCH3 is 1. The molecule has 0 aliphatic rings. The lowest BCUT2D eigenvalue weighted by molar-refractivity contribution is 0.0682. The maximum absolute atomic E-state index is 11.8. The molecule has 19 heavy (non-hydrogen) atoms. The molecule has 0 aliphatic carbocycles. The Morgan fingerprint density at radius 2 is 1.95 bits per heavy atom. The Hall–Kier alpha value is -2.30. The molecule has 100 valence electrons. The highest BCUT2D eigenvalue weighted by atomic mass is 16.5. The van der Waals surface area contributed by atoms with Crippen LogP contribution in [0.1, 0.15) is 33.3 Å². The van der Waals surface area contributed by atoms with Gasteiger partial charge in [0.25, 0.3) is 0 Å². The highest BCUT2D eigenvalue weighted by molar-refractivity contribution is 6.15. The summed E-state index contributed by atoms with van der Waals surface area (Å²) in [6.45, 7) is 3.25. The summed E-state index contributed by atoms with van der Waals surface area (Å²) in [7, 11) is 3.14. The molecule has 0 radical (unpaired) electrons. The van der Waals surface area contributed by atoms with Gasteiger partial charge >= 0.3 is 5.97 Å². The van der Waals surface area contributed by atoms with E-state index in [4.69, 9.17) is 4.74 Å². The van der Waals surface area contributed by atoms with Crippen molar-refractivity contribution in [3.8, 4) is 5.75 Å². The van der Waals surface area contributed by atoms with E-state index in [0.29, 0.717) is 16.7 Å². The molecule has 0 fully saturated rings. The lowest BCUT2D eigenvalue weighted by Crippen LogP contribution is -2.09. The van der Waals surface area contributed by atoms with Crippen LogP contribution in [0.3, 0.4) is 0 Å². The zero-order chi connectivity index (χ0) is 14.3. The van der Waals surface area contributed by atoms with E-state index in [0.717, 1.165) is 5.56 Å². The van der Waals surface area contributed by atoms with Gasteiger partial charge in [-0.1, -0.05) is 0 Å². The van der Waals surface area contributed by atoms with Gasteiger partial charge in [-0.25, -0.2) is 4.79 Å². The lowest BCUT2D eigenvalue weighted by atomic mass is 10.0. The number of Topliss-reactive ketones (excluding diaryl/α,β-unsaturated/α-hetero) is 1. The Balaban J connectivity index is 3.05. The van der Waals surface area contributed by atoms with Crippen LogP contribution >= 0.6 is 0 Å². The van der Waals surface area contributed by atoms with Crippen LogP contribution in [0, 0.1) is 6.92 Å². The van der Waals surface area contributed by atoms with Crippen molar-refractivity contribution in [3.63, 3.8) is 0 Å². The molecule has 2 rings (SSSR count). The highest BCUT2D eigenvalue weighted by Crippen LogP contribution is 2.33. The van der Waals surface area contributed by atoms with Gasteiger partial charge in [0.1, 0.15) is 11.4 Å². The van der Waals surface area contributed by atoms with Crippen LogP contribution in [0.4, 0.5) is 0 Å². The summed E-state index contributed by atoms with van der Waals surface area (Å²) in [6.07, 6.45) is 0. The fraction of sp³-hybridized carbons (Fsp3) is 0.286. The molecule has 0 unspecified atom stereocenters. The third-order valence-corrected chi connectivity index (χ3v) is 3.17. The number of aryl methyl sites for hydroxylation is 2. The van der Waals surface area contributed by atoms with Crippen molar-refractivity contribution in [3.05, 3.63) is 29.0 Å². The second-order valence-corrected chi connectivity index (χ2v) is 4.51. The summed E-state index contributed by atoms with van der Waals surface area (Å²) in [5.41, 5.74) is 1.75. The number of fused-ring (bicyclic) bond motifs is 1. The largest absolute Gasteiger partial charge is 0.495 e. The van der Waals surface area contributed by atoms with Gasteiger partial charge in [-0.15, -0.1) is 0 Å². The van der Waals surface area contributed by atoms with Gasteiger partial charge in [0, 0.05) is 12.4 Å². The molecule has 1 N–H and O–H groups in total. The van der Waals surface area contributed by atoms with Crippen LogP contribution in [0.25, 0.3) is 10.9 Å². The van der Waals surface area contributed by atoms with Crippen molar-refractivity contribution >= 4 is 22.7 Å². The number of benzene rings is 1. The quantitative estimate of drug-likeness (QED) is 0.861. The van der Waals surface area contributed by atoms with Gasteiger partial charge in [-0.2, -0.15) is 0 Å². The number of hydrogen-bond acceptors (Lipinski definition) is 3. The van der Waals surface area contributed by atoms with E-state index >= 15 is 0 Å². The van der Waals surface area contributed by atoms with Crippen LogP contribution in [0.15, 0.2) is 12.1 Å². The molecular formula is C14H15NO4. The van der Waals surface area contributed by atoms with Crippen LogP contribution < -0.4 is 4.74 Å². The average Bonchev–Trinajstić information content (AvgIpc) is 2.61. The molecule has 0 atom stereocenters. The van der Waals surface area contributed by atoms with Gasteiger partial charge < -0.3 is 14.4 Å². The standard InChI is InChI=1S/C14H15NO4/c1-7-5-9-11(8(2)16)13(14(17)18)15(3)12(9)10(6-7)19-4/h5-6H,1-4H3,(H,17,18). The average molecular weight is 261 g/mol. The van der Waals surface area contributed by atoms with E-state index in [1.165, 1.54) is 18.6 Å². The van der Waals surface area contributed by atoms with Crippen LogP contribution in [0.2, 0.25) is 0 Å². The molecule has 1 aromatic carbocycles. The summed E-state index contributed by atoms with van der Waals surface area (Å²) >= 11 is 0. The van der Waals surface area contributed by atoms with Crippen molar-refractivity contribution in [2.45, 2.75) is 13.8 Å². The van der Waals surface area contributed by atoms with Crippen molar-refractivity contribution < 1.29 is 19.4 Å². The molecule has 0 amide bonds. The van der Waals surface area contributed by atoms with Gasteiger partial charge in [0.05, 0.1) is 18.2 Å². The molecule has 1 heterocycles. The minimum Gasteiger partial charge on any atom is -0.495 e. The Kier molecular flexibility index (Phi) is 3.06. The fourth-order valence-corrected chi connectivity index (χ4v) is 2.45. The summed E-state index contributed by atoms with van der Waals surface area (Å²) in [5.74, 6) is -0.827. The molecule has 5 heteroatoms. The van der Waals surface area contributed by atoms with E-state index in [-0.39, 0.29) is 17.0 Å². The first-order valence-electron chi connectivity index (χ1n) is 5.79. The van der Waals surface area contributed by atoms with Crippen LogP contribution in [0.5, 0.6) is 5.75 Å². The van der Waals surface area contributed by atoms with Crippen LogP contribution in [-0.4, -0.2) is 28.5 Å². The minimum absolute atomic E-state index is 0.00796. The third kappa shape index (κ3) is 1.87. The summed E-state index contributed by atoms with van der Waals surface area (Å²) in [4.78, 5) is 23.2. The minimum atomic E-state index is -1.12. The highest BCUT2D eigenvalue weighted by Gasteiger charge is 2.25. The van der Waals surface area contributed by atoms with Crippen LogP contribution in [-0.2, 0) is 7.05 Å². The molecule has 0 aliphatic heterocycles. The van der Waals surface area contributed by atoms with Gasteiger partial charge in [0.2, 0.25) is 0 Å². The summed E-state index contributed by atoms with van der Waals surface area (Å²) in [6, 6.07) is 3.62. The Labute approximate surface area is 110 Å². The number of carbonyl (C=O) groups is 2. The molecule has 5 nitrogen and oxygen atoms in total. The molecule has 2 aromatic rings. The molecule has 0 bridgehead atoms. The molecule has 0 saturated carbocycles. The number of carboxylic acid groups (broad SMARTS) is 1. The lowest BCUT2D eigenvalue weighted by Gasteiger charge is -2.06. The fourth-order valence-electron chi connectivity index (χ4n) is 2.45. The SMILES string of the molecule is COc1cc(C)cc2c(C(C)=O)c(C(=O)O)n(C)c12. The van der Waals surface area contributed by atoms with Crippen molar-refractivity contribution in [1.82, 2.24) is 4.57 Å². The molecule has 1 aromatic heterocycles. The first-order valence-corrected chi connectivity index (χ1v) is 5.79. The summed E-state index contributed by atoms with van der Waals surface area (Å²) in [5, 5.41) is 9.93. The predicted octanol–water partition coefficient (Wildman–Crippen LogP) is 2.40. The third-order valence-electron chi connectivity index (χ3n) is 3.17. The Morgan fingerprint density at radius 3 is 2.42 bits per heavy atom. The van der Waals surface area contributed by atoms with Crippen molar-refractivity contribution in [2.24, 2.45) is 7.05 Å². The maximum atomic E-state index is 11.8. The normalized spacial score (nSPS) is 10.7. The van der Waals surface area contributed by atoms with E-state index in [1.807, 2.05) is 13.0 Å². The van der Waals surface area contributed by atoms with Crippen molar-refractivity contribution in [2.75, 3.05) is 7.11 Å². The first-order chi connectivity index (χ1) is 8.88. The zero-order valence-corrected chi connectivity index (χ0v) is 11.3. The number of carbonyl (C=O) groups excluding carboxylic acids is 1. The monoisotopic (exact) mass is 261 g/mol. The van der Waals surface area contributed by atoms with E-state index in [2.05, 4.69) is 0 Å². The topological polar surface area (TPSA) is 68.5 Å². The molecule has 0 spiro atoms. The predicted molar refractivity (Wildman–Crippen MR) is 71.2 cm³/mol. The second kappa shape index (κ2) is 4.42. The number of ketones is 1. The molecular weight excluding hydrogens is 246 g/mol. The van der Waals surface area contributed by atoms with E-state index < -0.39 is 5.97 Å². The number of aromatic nitrogens is 1. The Morgan fingerprint density at radius 1 is 1.32 bits per heavy atom. The zero-order valence-electron chi connectivity index (χ0n) is 11.3. The number of rotatable bonds is 3. The van der Waals surface area contributed by atoms with Gasteiger partial charge in [-0.3, -0.25) is 4.79 Å². The van der Waals surface area contributed by atoms with Gasteiger partial charge in [0.15, 0.2) is 5.78 Å². The Bertz CT molecular complexity index is 697. The number of hydrogen-bond donors (Lipinski definition) is 1. The summed E-state index contributed by atoms with van der Waals surface area (Å²) < 4.78 is 6.78. The maximum Gasteiger partial charge on any atom is 0.353 e. The molecule has 0 saturated heterocycles. The number of carboxylic acids is 1. The number of ether oxygens (including phenoxy) is 1. The second-order valence-electron chi connectivity index (χ2n) is 4.51. The number of nitrogens with zero attached hydrogens (tertiary/aromatic N) is 1. The number of aromatic carboxylic acids is 1. The first kappa shape index (κ1) is 13.1. The van der Waals surface area contributed by atoms with E-state index in [1.54, 1.807) is 13.1 Å². The van der Waals surface area contributed by atoms with E-state index in [9.17, 15) is 14.7 Å². The smallest absolute Gasteiger partial charge is 0.353 e. The van der Waals surface area contributed by atoms with Gasteiger partial charge in [-0.05, 0) is 31.5 Å².